The third-order valence-electron chi connectivity index (χ3n) is 4.25. The van der Waals surface area contributed by atoms with E-state index in [9.17, 15) is 18.8 Å². The van der Waals surface area contributed by atoms with Gasteiger partial charge in [0.25, 0.3) is 11.8 Å². The van der Waals surface area contributed by atoms with Crippen LogP contribution in [0.25, 0.3) is 0 Å². The second-order valence-corrected chi connectivity index (χ2v) is 6.61. The molecule has 2 N–H and O–H groups in total. The summed E-state index contributed by atoms with van der Waals surface area (Å²) in [4.78, 5) is 42.2. The number of anilines is 1. The fraction of sp³-hybridized carbons (Fsp3) is 0.125. The fourth-order valence-electron chi connectivity index (χ4n) is 3.21. The second-order valence-electron chi connectivity index (χ2n) is 5.83. The highest BCUT2D eigenvalue weighted by Crippen LogP contribution is 2.43. The zero-order chi connectivity index (χ0) is 18.6. The number of nitrogens with zero attached hydrogens (tertiary/aromatic N) is 2. The van der Waals surface area contributed by atoms with Gasteiger partial charge in [0.05, 0.1) is 12.2 Å². The number of fused-ring (bicyclic) bond motifs is 2. The van der Waals surface area contributed by atoms with Gasteiger partial charge >= 0.3 is 6.03 Å². The van der Waals surface area contributed by atoms with E-state index >= 15 is 0 Å². The molecule has 2 aliphatic heterocycles. The molecule has 26 heavy (non-hydrogen) atoms. The summed E-state index contributed by atoms with van der Waals surface area (Å²) in [6.45, 7) is 0.00429. The first-order chi connectivity index (χ1) is 12.3. The van der Waals surface area contributed by atoms with Gasteiger partial charge in [-0.05, 0) is 35.9 Å². The van der Waals surface area contributed by atoms with E-state index in [0.717, 1.165) is 6.07 Å². The normalized spacial score (nSPS) is 21.2. The summed E-state index contributed by atoms with van der Waals surface area (Å²) in [6, 6.07) is 5.81. The van der Waals surface area contributed by atoms with Crippen LogP contribution in [0.1, 0.15) is 11.1 Å². The number of amides is 4. The highest BCUT2D eigenvalue weighted by Gasteiger charge is 2.61. The molecule has 4 rings (SSSR count). The Kier molecular flexibility index (Phi) is 3.64. The third kappa shape index (κ3) is 2.33. The van der Waals surface area contributed by atoms with Gasteiger partial charge in [-0.25, -0.2) is 14.2 Å². The summed E-state index contributed by atoms with van der Waals surface area (Å²) >= 11 is 11.8. The van der Waals surface area contributed by atoms with Gasteiger partial charge in [0.2, 0.25) is 5.54 Å². The van der Waals surface area contributed by atoms with Crippen molar-refractivity contribution in [1.82, 2.24) is 15.6 Å². The van der Waals surface area contributed by atoms with Gasteiger partial charge in [-0.3, -0.25) is 14.9 Å². The fourth-order valence-corrected chi connectivity index (χ4v) is 3.72. The number of nitrogens with one attached hydrogen (secondary N) is 2. The van der Waals surface area contributed by atoms with Crippen molar-refractivity contribution in [2.75, 3.05) is 4.90 Å². The Bertz CT molecular complexity index is 979. The molecule has 1 atom stereocenters. The molecule has 132 valence electrons. The minimum Gasteiger partial charge on any atom is -0.312 e. The highest BCUT2D eigenvalue weighted by molar-refractivity contribution is 6.32. The molecular weight excluding hydrogens is 386 g/mol. The number of rotatable bonds is 2. The predicted molar refractivity (Wildman–Crippen MR) is 90.2 cm³/mol. The lowest BCUT2D eigenvalue weighted by molar-refractivity contribution is -0.134. The van der Waals surface area contributed by atoms with Gasteiger partial charge < -0.3 is 10.2 Å². The minimum atomic E-state index is -1.99. The van der Waals surface area contributed by atoms with Crippen molar-refractivity contribution in [3.05, 3.63) is 57.6 Å². The van der Waals surface area contributed by atoms with Crippen LogP contribution in [0.5, 0.6) is 0 Å². The Balaban J connectivity index is 1.84. The monoisotopic (exact) mass is 394 g/mol. The van der Waals surface area contributed by atoms with Gasteiger partial charge in [-0.2, -0.15) is 0 Å². The van der Waals surface area contributed by atoms with Gasteiger partial charge in [-0.15, -0.1) is 0 Å². The highest BCUT2D eigenvalue weighted by atomic mass is 35.5. The lowest BCUT2D eigenvalue weighted by atomic mass is 9.91. The van der Waals surface area contributed by atoms with E-state index < -0.39 is 29.2 Å². The van der Waals surface area contributed by atoms with Crippen LogP contribution >= 0.6 is 23.2 Å². The van der Waals surface area contributed by atoms with Crippen LogP contribution in [-0.4, -0.2) is 22.8 Å². The molecule has 1 aromatic carbocycles. The van der Waals surface area contributed by atoms with E-state index in [1.165, 1.54) is 29.2 Å². The number of hydrogen-bond acceptors (Lipinski definition) is 4. The molecule has 4 amide bonds. The second kappa shape index (κ2) is 5.65. The predicted octanol–water partition coefficient (Wildman–Crippen LogP) is 2.11. The Hall–Kier alpha value is -2.71. The zero-order valence-corrected chi connectivity index (χ0v) is 14.4. The molecule has 0 saturated carbocycles. The minimum absolute atomic E-state index is 0.00429. The molecule has 10 heteroatoms. The zero-order valence-electron chi connectivity index (χ0n) is 12.8. The summed E-state index contributed by atoms with van der Waals surface area (Å²) in [6.07, 6.45) is 0. The van der Waals surface area contributed by atoms with Crippen molar-refractivity contribution >= 4 is 46.7 Å². The summed E-state index contributed by atoms with van der Waals surface area (Å²) in [5.41, 5.74) is -1.06. The maximum Gasteiger partial charge on any atom is 0.323 e. The summed E-state index contributed by atoms with van der Waals surface area (Å²) in [7, 11) is 0. The molecule has 0 radical (unpaired) electrons. The first kappa shape index (κ1) is 16.7. The van der Waals surface area contributed by atoms with Crippen molar-refractivity contribution in [3.8, 4) is 0 Å². The van der Waals surface area contributed by atoms with Gasteiger partial charge in [0.1, 0.15) is 16.1 Å². The topological polar surface area (TPSA) is 91.4 Å². The number of benzene rings is 1. The molecule has 1 unspecified atom stereocenters. The van der Waals surface area contributed by atoms with Crippen LogP contribution in [0.4, 0.5) is 14.9 Å². The van der Waals surface area contributed by atoms with E-state index in [-0.39, 0.29) is 22.4 Å². The average Bonchev–Trinajstić information content (AvgIpc) is 2.96. The Labute approximate surface area is 156 Å². The molecule has 3 heterocycles. The summed E-state index contributed by atoms with van der Waals surface area (Å²) < 4.78 is 13.8. The summed E-state index contributed by atoms with van der Waals surface area (Å²) in [5.74, 6) is -2.19. The summed E-state index contributed by atoms with van der Waals surface area (Å²) in [5, 5.41) is 4.64. The van der Waals surface area contributed by atoms with Crippen LogP contribution < -0.4 is 15.5 Å². The van der Waals surface area contributed by atoms with Gasteiger partial charge in [0, 0.05) is 5.56 Å². The number of carbonyl (C=O) groups is 3. The molecular formula is C16H9Cl2FN4O3. The molecule has 1 fully saturated rings. The van der Waals surface area contributed by atoms with Crippen LogP contribution in [0, 0.1) is 5.82 Å². The molecule has 2 aliphatic rings. The van der Waals surface area contributed by atoms with E-state index in [4.69, 9.17) is 23.2 Å². The molecule has 1 spiro atoms. The first-order valence-electron chi connectivity index (χ1n) is 7.39. The van der Waals surface area contributed by atoms with E-state index in [2.05, 4.69) is 10.3 Å². The molecule has 2 aromatic rings. The van der Waals surface area contributed by atoms with Crippen LogP contribution in [0.3, 0.4) is 0 Å². The Morgan fingerprint density at radius 1 is 1.12 bits per heavy atom. The number of hydrogen-bond donors (Lipinski definition) is 2. The quantitative estimate of drug-likeness (QED) is 0.463. The lowest BCUT2D eigenvalue weighted by Crippen LogP contribution is -2.52. The van der Waals surface area contributed by atoms with E-state index in [1.807, 2.05) is 5.32 Å². The van der Waals surface area contributed by atoms with Crippen LogP contribution in [-0.2, 0) is 21.7 Å². The van der Waals surface area contributed by atoms with Gasteiger partial charge in [0.15, 0.2) is 0 Å². The maximum atomic E-state index is 13.8. The first-order valence-corrected chi connectivity index (χ1v) is 8.14. The molecule has 1 saturated heterocycles. The van der Waals surface area contributed by atoms with Gasteiger partial charge in [-0.1, -0.05) is 23.2 Å². The van der Waals surface area contributed by atoms with E-state index in [1.54, 1.807) is 0 Å². The molecule has 0 aliphatic carbocycles. The molecule has 7 nitrogen and oxygen atoms in total. The van der Waals surface area contributed by atoms with Crippen molar-refractivity contribution in [3.63, 3.8) is 0 Å². The van der Waals surface area contributed by atoms with Crippen molar-refractivity contribution in [1.29, 1.82) is 0 Å². The molecule has 0 bridgehead atoms. The van der Waals surface area contributed by atoms with Crippen LogP contribution in [0.15, 0.2) is 30.3 Å². The van der Waals surface area contributed by atoms with Crippen molar-refractivity contribution in [2.24, 2.45) is 0 Å². The SMILES string of the molecule is O=C1NC(=O)C2(N1)C(=O)N(Cc1cc(Cl)nc(Cl)c1)c1ccc(F)cc12. The maximum absolute atomic E-state index is 13.8. The Morgan fingerprint density at radius 2 is 1.81 bits per heavy atom. The third-order valence-corrected chi connectivity index (χ3v) is 4.64. The number of carbonyl (C=O) groups excluding carboxylic acids is 3. The number of halogens is 3. The number of aromatic nitrogens is 1. The van der Waals surface area contributed by atoms with E-state index in [0.29, 0.717) is 11.3 Å². The van der Waals surface area contributed by atoms with Crippen LogP contribution in [0.2, 0.25) is 10.3 Å². The number of urea groups is 1. The number of pyridine rings is 1. The standard InChI is InChI=1S/C16H9Cl2FN4O3/c17-11-3-7(4-12(18)20-11)6-23-10-2-1-8(19)5-9(10)16(14(23)25)13(24)21-15(26)22-16/h1-5H,6H2,(H2,21,22,24,26). The van der Waals surface area contributed by atoms with Crippen molar-refractivity contribution in [2.45, 2.75) is 12.1 Å². The largest absolute Gasteiger partial charge is 0.323 e. The average molecular weight is 395 g/mol. The lowest BCUT2D eigenvalue weighted by Gasteiger charge is -2.21. The Morgan fingerprint density at radius 3 is 2.42 bits per heavy atom. The van der Waals surface area contributed by atoms with Crippen molar-refractivity contribution < 1.29 is 18.8 Å². The number of imide groups is 1. The smallest absolute Gasteiger partial charge is 0.312 e. The molecule has 1 aromatic heterocycles.